The second kappa shape index (κ2) is 3.49. The van der Waals surface area contributed by atoms with E-state index in [9.17, 15) is 9.59 Å². The number of amides is 1. The Labute approximate surface area is 96.4 Å². The van der Waals surface area contributed by atoms with Crippen molar-refractivity contribution in [3.63, 3.8) is 0 Å². The number of carboxylic acid groups (broad SMARTS) is 1. The maximum Gasteiger partial charge on any atom is 0.353 e. The van der Waals surface area contributed by atoms with Gasteiger partial charge in [0.1, 0.15) is 5.70 Å². The van der Waals surface area contributed by atoms with Gasteiger partial charge in [-0.05, 0) is 12.8 Å². The SMILES string of the molecule is O=C(O)C1=C([C@H]2CCCO2)S[C@@H]2CC(=O)N12. The molecular formula is C10H11NO4S. The molecule has 1 N–H and O–H groups in total. The molecule has 0 unspecified atom stereocenters. The molecule has 3 aliphatic rings. The van der Waals surface area contributed by atoms with Gasteiger partial charge in [-0.1, -0.05) is 11.8 Å². The molecule has 0 spiro atoms. The highest BCUT2D eigenvalue weighted by Crippen LogP contribution is 2.49. The van der Waals surface area contributed by atoms with Gasteiger partial charge >= 0.3 is 5.97 Å². The third-order valence-corrected chi connectivity index (χ3v) is 4.43. The zero-order valence-electron chi connectivity index (χ0n) is 8.51. The van der Waals surface area contributed by atoms with Crippen LogP contribution in [0.15, 0.2) is 10.6 Å². The molecule has 0 bridgehead atoms. The molecule has 2 fully saturated rings. The monoisotopic (exact) mass is 241 g/mol. The molecule has 2 saturated heterocycles. The Balaban J connectivity index is 1.95. The second-order valence-corrected chi connectivity index (χ2v) is 5.28. The van der Waals surface area contributed by atoms with Crippen LogP contribution in [0.25, 0.3) is 0 Å². The average Bonchev–Trinajstić information content (AvgIpc) is 2.80. The van der Waals surface area contributed by atoms with Crippen LogP contribution in [0.1, 0.15) is 19.3 Å². The van der Waals surface area contributed by atoms with Crippen LogP contribution in [0.4, 0.5) is 0 Å². The van der Waals surface area contributed by atoms with E-state index in [1.807, 2.05) is 0 Å². The smallest absolute Gasteiger partial charge is 0.353 e. The van der Waals surface area contributed by atoms with E-state index in [1.54, 1.807) is 0 Å². The average molecular weight is 241 g/mol. The standard InChI is InChI=1S/C10H11NO4S/c12-6-4-7-11(6)8(10(13)14)9(16-7)5-2-1-3-15-5/h5,7H,1-4H2,(H,13,14)/t5-,7-/m1/s1. The molecule has 1 amide bonds. The number of carbonyl (C=O) groups excluding carboxylic acids is 1. The van der Waals surface area contributed by atoms with Crippen molar-refractivity contribution in [2.75, 3.05) is 6.61 Å². The second-order valence-electron chi connectivity index (χ2n) is 4.06. The number of carbonyl (C=O) groups is 2. The Hall–Kier alpha value is -1.01. The summed E-state index contributed by atoms with van der Waals surface area (Å²) in [6.45, 7) is 0.681. The van der Waals surface area contributed by atoms with Gasteiger partial charge in [-0.15, -0.1) is 0 Å². The van der Waals surface area contributed by atoms with Gasteiger partial charge < -0.3 is 9.84 Å². The Bertz CT molecular complexity index is 400. The van der Waals surface area contributed by atoms with E-state index in [1.165, 1.54) is 16.7 Å². The van der Waals surface area contributed by atoms with E-state index >= 15 is 0 Å². The lowest BCUT2D eigenvalue weighted by Gasteiger charge is -2.33. The summed E-state index contributed by atoms with van der Waals surface area (Å²) in [4.78, 5) is 24.7. The topological polar surface area (TPSA) is 66.8 Å². The highest BCUT2D eigenvalue weighted by Gasteiger charge is 2.50. The maximum absolute atomic E-state index is 11.4. The molecule has 0 aliphatic carbocycles. The fourth-order valence-electron chi connectivity index (χ4n) is 2.29. The summed E-state index contributed by atoms with van der Waals surface area (Å²) >= 11 is 1.48. The summed E-state index contributed by atoms with van der Waals surface area (Å²) in [5, 5.41) is 9.16. The summed E-state index contributed by atoms with van der Waals surface area (Å²) in [6, 6.07) is 0. The normalized spacial score (nSPS) is 33.0. The van der Waals surface area contributed by atoms with Crippen LogP contribution >= 0.6 is 11.8 Å². The molecule has 0 aromatic carbocycles. The first-order chi connectivity index (χ1) is 7.68. The molecule has 3 heterocycles. The van der Waals surface area contributed by atoms with Crippen molar-refractivity contribution in [2.24, 2.45) is 0 Å². The molecule has 5 nitrogen and oxygen atoms in total. The minimum Gasteiger partial charge on any atom is -0.477 e. The number of ether oxygens (including phenoxy) is 1. The summed E-state index contributed by atoms with van der Waals surface area (Å²) in [5.74, 6) is -1.11. The third kappa shape index (κ3) is 1.29. The Kier molecular flexibility index (Phi) is 2.22. The molecule has 86 valence electrons. The summed E-state index contributed by atoms with van der Waals surface area (Å²) < 4.78 is 5.50. The third-order valence-electron chi connectivity index (χ3n) is 3.07. The maximum atomic E-state index is 11.4. The summed E-state index contributed by atoms with van der Waals surface area (Å²) in [5.41, 5.74) is 0.151. The van der Waals surface area contributed by atoms with E-state index in [4.69, 9.17) is 9.84 Å². The van der Waals surface area contributed by atoms with Crippen molar-refractivity contribution in [1.29, 1.82) is 0 Å². The quantitative estimate of drug-likeness (QED) is 0.723. The zero-order chi connectivity index (χ0) is 11.3. The molecule has 6 heteroatoms. The summed E-state index contributed by atoms with van der Waals surface area (Å²) in [6.07, 6.45) is 2.14. The fourth-order valence-corrected chi connectivity index (χ4v) is 3.77. The van der Waals surface area contributed by atoms with Crippen LogP contribution < -0.4 is 0 Å². The van der Waals surface area contributed by atoms with Crippen LogP contribution in [-0.2, 0) is 14.3 Å². The van der Waals surface area contributed by atoms with Gasteiger partial charge in [0.2, 0.25) is 5.91 Å². The molecule has 0 aromatic rings. The van der Waals surface area contributed by atoms with Crippen LogP contribution in [0.5, 0.6) is 0 Å². The largest absolute Gasteiger partial charge is 0.477 e. The lowest BCUT2D eigenvalue weighted by atomic mass is 10.1. The molecule has 0 radical (unpaired) electrons. The number of thioether (sulfide) groups is 1. The first-order valence-corrected chi connectivity index (χ1v) is 6.14. The highest BCUT2D eigenvalue weighted by molar-refractivity contribution is 8.04. The molecule has 2 atom stereocenters. The van der Waals surface area contributed by atoms with Crippen molar-refractivity contribution in [2.45, 2.75) is 30.7 Å². The van der Waals surface area contributed by atoms with Crippen molar-refractivity contribution in [3.8, 4) is 0 Å². The van der Waals surface area contributed by atoms with Gasteiger partial charge in [0, 0.05) is 11.5 Å². The van der Waals surface area contributed by atoms with Crippen LogP contribution in [-0.4, -0.2) is 40.0 Å². The highest BCUT2D eigenvalue weighted by atomic mass is 32.2. The number of hydrogen-bond donors (Lipinski definition) is 1. The summed E-state index contributed by atoms with van der Waals surface area (Å²) in [7, 11) is 0. The van der Waals surface area contributed by atoms with Crippen molar-refractivity contribution < 1.29 is 19.4 Å². The van der Waals surface area contributed by atoms with E-state index in [-0.39, 0.29) is 23.1 Å². The van der Waals surface area contributed by atoms with Gasteiger partial charge in [-0.25, -0.2) is 4.79 Å². The van der Waals surface area contributed by atoms with Gasteiger partial charge in [0.05, 0.1) is 17.9 Å². The molecule has 3 rings (SSSR count). The van der Waals surface area contributed by atoms with Crippen LogP contribution in [0, 0.1) is 0 Å². The Morgan fingerprint density at radius 3 is 2.94 bits per heavy atom. The molecule has 0 aromatic heterocycles. The van der Waals surface area contributed by atoms with Gasteiger partial charge in [0.25, 0.3) is 0 Å². The molecular weight excluding hydrogens is 230 g/mol. The number of fused-ring (bicyclic) bond motifs is 1. The number of aliphatic carboxylic acids is 1. The number of nitrogens with zero attached hydrogens (tertiary/aromatic N) is 1. The molecule has 16 heavy (non-hydrogen) atoms. The molecule has 3 aliphatic heterocycles. The minimum atomic E-state index is -1.02. The lowest BCUT2D eigenvalue weighted by molar-refractivity contribution is -0.145. The van der Waals surface area contributed by atoms with E-state index < -0.39 is 5.97 Å². The zero-order valence-corrected chi connectivity index (χ0v) is 9.33. The number of carboxylic acids is 1. The predicted molar refractivity (Wildman–Crippen MR) is 56.5 cm³/mol. The van der Waals surface area contributed by atoms with Crippen molar-refractivity contribution >= 4 is 23.6 Å². The van der Waals surface area contributed by atoms with Crippen LogP contribution in [0.2, 0.25) is 0 Å². The molecule has 0 saturated carbocycles. The first kappa shape index (κ1) is 10.2. The van der Waals surface area contributed by atoms with E-state index in [2.05, 4.69) is 0 Å². The van der Waals surface area contributed by atoms with Crippen LogP contribution in [0.3, 0.4) is 0 Å². The number of rotatable bonds is 2. The Morgan fingerprint density at radius 2 is 2.38 bits per heavy atom. The van der Waals surface area contributed by atoms with Gasteiger partial charge in [0.15, 0.2) is 0 Å². The predicted octanol–water partition coefficient (Wildman–Crippen LogP) is 0.767. The van der Waals surface area contributed by atoms with Crippen molar-refractivity contribution in [1.82, 2.24) is 4.90 Å². The fraction of sp³-hybridized carbons (Fsp3) is 0.600. The lowest BCUT2D eigenvalue weighted by Crippen LogP contribution is -2.48. The van der Waals surface area contributed by atoms with Crippen molar-refractivity contribution in [3.05, 3.63) is 10.6 Å². The van der Waals surface area contributed by atoms with Gasteiger partial charge in [-0.3, -0.25) is 9.69 Å². The van der Waals surface area contributed by atoms with Gasteiger partial charge in [-0.2, -0.15) is 0 Å². The Morgan fingerprint density at radius 1 is 1.56 bits per heavy atom. The number of hydrogen-bond acceptors (Lipinski definition) is 4. The minimum absolute atomic E-state index is 0.00204. The van der Waals surface area contributed by atoms with E-state index in [0.29, 0.717) is 13.0 Å². The number of β-lactam (4-membered cyclic amide) rings is 1. The van der Waals surface area contributed by atoms with E-state index in [0.717, 1.165) is 17.7 Å². The first-order valence-electron chi connectivity index (χ1n) is 5.26.